The number of sulfonamides is 1. The van der Waals surface area contributed by atoms with E-state index in [0.29, 0.717) is 21.3 Å². The Bertz CT molecular complexity index is 1490. The summed E-state index contributed by atoms with van der Waals surface area (Å²) in [6.45, 7) is 10.4. The maximum Gasteiger partial charge on any atom is 0.264 e. The lowest BCUT2D eigenvalue weighted by Gasteiger charge is -2.33. The summed E-state index contributed by atoms with van der Waals surface area (Å²) >= 11 is 12.4. The van der Waals surface area contributed by atoms with Crippen molar-refractivity contribution in [3.63, 3.8) is 0 Å². The smallest absolute Gasteiger partial charge is 0.264 e. The van der Waals surface area contributed by atoms with Crippen molar-refractivity contribution in [3.05, 3.63) is 93.5 Å². The third-order valence-electron chi connectivity index (χ3n) is 6.42. The number of rotatable bonds is 9. The fourth-order valence-corrected chi connectivity index (χ4v) is 5.74. The summed E-state index contributed by atoms with van der Waals surface area (Å²) in [4.78, 5) is 28.5. The van der Waals surface area contributed by atoms with Crippen molar-refractivity contribution in [1.82, 2.24) is 10.2 Å². The fourth-order valence-electron chi connectivity index (χ4n) is 4.01. The van der Waals surface area contributed by atoms with Gasteiger partial charge in [0.15, 0.2) is 0 Å². The molecule has 0 heterocycles. The highest BCUT2D eigenvalue weighted by atomic mass is 35.5. The SMILES string of the molecule is Cc1ccc(N(CC(=O)N(Cc2ccccc2Cl)[C@H](C)C(=O)NC(C)(C)C)S(=O)(=O)c2ccc(Cl)cc2)cc1C. The van der Waals surface area contributed by atoms with Crippen LogP contribution in [0.2, 0.25) is 10.0 Å². The van der Waals surface area contributed by atoms with Crippen LogP contribution in [0.15, 0.2) is 71.6 Å². The number of hydrogen-bond donors (Lipinski definition) is 1. The highest BCUT2D eigenvalue weighted by Gasteiger charge is 2.33. The van der Waals surface area contributed by atoms with E-state index in [1.54, 1.807) is 49.4 Å². The standard InChI is InChI=1S/C30H35Cl2N3O4S/c1-20-11-14-25(17-21(20)2)35(40(38,39)26-15-12-24(31)13-16-26)19-28(36)34(18-23-9-7-8-10-27(23)32)22(3)29(37)33-30(4,5)6/h7-17,22H,18-19H2,1-6H3,(H,33,37)/t22-/m1/s1. The molecule has 0 aromatic heterocycles. The van der Waals surface area contributed by atoms with Gasteiger partial charge in [0.1, 0.15) is 12.6 Å². The first-order chi connectivity index (χ1) is 18.6. The van der Waals surface area contributed by atoms with Crippen molar-refractivity contribution in [2.75, 3.05) is 10.8 Å². The number of nitrogens with zero attached hydrogens (tertiary/aromatic N) is 2. The molecule has 40 heavy (non-hydrogen) atoms. The van der Waals surface area contributed by atoms with E-state index < -0.39 is 34.1 Å². The minimum Gasteiger partial charge on any atom is -0.350 e. The zero-order valence-corrected chi connectivity index (χ0v) is 25.9. The average Bonchev–Trinajstić information content (AvgIpc) is 2.87. The Morgan fingerprint density at radius 1 is 0.925 bits per heavy atom. The first-order valence-corrected chi connectivity index (χ1v) is 15.0. The molecule has 0 saturated carbocycles. The molecule has 3 aromatic carbocycles. The van der Waals surface area contributed by atoms with E-state index in [2.05, 4.69) is 5.32 Å². The van der Waals surface area contributed by atoms with E-state index in [-0.39, 0.29) is 17.3 Å². The Balaban J connectivity index is 2.08. The molecule has 1 N–H and O–H groups in total. The number of carbonyl (C=O) groups excluding carboxylic acids is 2. The van der Waals surface area contributed by atoms with Gasteiger partial charge in [-0.15, -0.1) is 0 Å². The molecular formula is C30H35Cl2N3O4S. The Hall–Kier alpha value is -3.07. The number of hydrogen-bond acceptors (Lipinski definition) is 4. The molecule has 0 fully saturated rings. The summed E-state index contributed by atoms with van der Waals surface area (Å²) in [5.41, 5.74) is 2.27. The largest absolute Gasteiger partial charge is 0.350 e. The van der Waals surface area contributed by atoms with Gasteiger partial charge in [-0.05, 0) is 101 Å². The van der Waals surface area contributed by atoms with Crippen molar-refractivity contribution in [2.45, 2.75) is 64.6 Å². The van der Waals surface area contributed by atoms with Crippen molar-refractivity contribution in [3.8, 4) is 0 Å². The topological polar surface area (TPSA) is 86.8 Å². The van der Waals surface area contributed by atoms with Crippen LogP contribution in [-0.4, -0.2) is 43.3 Å². The first-order valence-electron chi connectivity index (χ1n) is 12.8. The highest BCUT2D eigenvalue weighted by Crippen LogP contribution is 2.28. The molecule has 0 aliphatic carbocycles. The Morgan fingerprint density at radius 2 is 1.55 bits per heavy atom. The van der Waals surface area contributed by atoms with Crippen molar-refractivity contribution in [2.24, 2.45) is 0 Å². The molecule has 2 amide bonds. The van der Waals surface area contributed by atoms with E-state index in [0.717, 1.165) is 15.4 Å². The maximum absolute atomic E-state index is 14.0. The number of amides is 2. The second-order valence-electron chi connectivity index (χ2n) is 10.8. The molecule has 3 aromatic rings. The molecule has 0 saturated heterocycles. The van der Waals surface area contributed by atoms with Crippen LogP contribution in [0.1, 0.15) is 44.4 Å². The Morgan fingerprint density at radius 3 is 2.12 bits per heavy atom. The van der Waals surface area contributed by atoms with E-state index in [1.165, 1.54) is 29.2 Å². The first kappa shape index (κ1) is 31.5. The predicted molar refractivity (Wildman–Crippen MR) is 161 cm³/mol. The number of halogens is 2. The lowest BCUT2D eigenvalue weighted by atomic mass is 10.1. The third-order valence-corrected chi connectivity index (χ3v) is 8.83. The maximum atomic E-state index is 14.0. The lowest BCUT2D eigenvalue weighted by molar-refractivity contribution is -0.140. The molecule has 3 rings (SSSR count). The summed E-state index contributed by atoms with van der Waals surface area (Å²) in [5.74, 6) is -0.932. The van der Waals surface area contributed by atoms with Crippen molar-refractivity contribution >= 4 is 50.7 Å². The van der Waals surface area contributed by atoms with E-state index in [4.69, 9.17) is 23.2 Å². The minimum atomic E-state index is -4.18. The molecule has 0 radical (unpaired) electrons. The number of anilines is 1. The molecule has 0 unspecified atom stereocenters. The van der Waals surface area contributed by atoms with Crippen LogP contribution in [0.4, 0.5) is 5.69 Å². The van der Waals surface area contributed by atoms with Crippen LogP contribution in [0, 0.1) is 13.8 Å². The number of carbonyl (C=O) groups is 2. The van der Waals surface area contributed by atoms with E-state index in [1.807, 2.05) is 34.6 Å². The average molecular weight is 605 g/mol. The monoisotopic (exact) mass is 603 g/mol. The molecule has 10 heteroatoms. The van der Waals surface area contributed by atoms with Crippen LogP contribution in [0.5, 0.6) is 0 Å². The number of benzene rings is 3. The molecule has 0 bridgehead atoms. The molecule has 0 aliphatic heterocycles. The van der Waals surface area contributed by atoms with Gasteiger partial charge in [0.25, 0.3) is 10.0 Å². The third kappa shape index (κ3) is 7.77. The molecule has 1 atom stereocenters. The van der Waals surface area contributed by atoms with Crippen molar-refractivity contribution < 1.29 is 18.0 Å². The van der Waals surface area contributed by atoms with Gasteiger partial charge < -0.3 is 10.2 Å². The Labute approximate surface area is 247 Å². The molecule has 0 spiro atoms. The second-order valence-corrected chi connectivity index (χ2v) is 13.5. The fraction of sp³-hybridized carbons (Fsp3) is 0.333. The molecule has 214 valence electrons. The normalized spacial score (nSPS) is 12.5. The Kier molecular flexibility index (Phi) is 9.93. The summed E-state index contributed by atoms with van der Waals surface area (Å²) in [6.07, 6.45) is 0. The van der Waals surface area contributed by atoms with Gasteiger partial charge in [0.2, 0.25) is 11.8 Å². The van der Waals surface area contributed by atoms with Gasteiger partial charge >= 0.3 is 0 Å². The van der Waals surface area contributed by atoms with Gasteiger partial charge in [-0.25, -0.2) is 8.42 Å². The van der Waals surface area contributed by atoms with Crippen LogP contribution < -0.4 is 9.62 Å². The zero-order valence-electron chi connectivity index (χ0n) is 23.5. The summed E-state index contributed by atoms with van der Waals surface area (Å²) in [7, 11) is -4.18. The second kappa shape index (κ2) is 12.6. The summed E-state index contributed by atoms with van der Waals surface area (Å²) in [6, 6.07) is 17.1. The summed E-state index contributed by atoms with van der Waals surface area (Å²) < 4.78 is 28.9. The van der Waals surface area contributed by atoms with Crippen LogP contribution in [0.25, 0.3) is 0 Å². The molecule has 7 nitrogen and oxygen atoms in total. The van der Waals surface area contributed by atoms with Gasteiger partial charge in [-0.2, -0.15) is 0 Å². The molecular weight excluding hydrogens is 569 g/mol. The number of nitrogens with one attached hydrogen (secondary N) is 1. The lowest BCUT2D eigenvalue weighted by Crippen LogP contribution is -2.54. The van der Waals surface area contributed by atoms with E-state index in [9.17, 15) is 18.0 Å². The molecule has 0 aliphatic rings. The van der Waals surface area contributed by atoms with Gasteiger partial charge in [0.05, 0.1) is 10.6 Å². The predicted octanol–water partition coefficient (Wildman–Crippen LogP) is 6.14. The quantitative estimate of drug-likeness (QED) is 0.318. The van der Waals surface area contributed by atoms with E-state index >= 15 is 0 Å². The van der Waals surface area contributed by atoms with Crippen LogP contribution in [0.3, 0.4) is 0 Å². The van der Waals surface area contributed by atoms with Gasteiger partial charge in [0, 0.05) is 22.1 Å². The van der Waals surface area contributed by atoms with Crippen molar-refractivity contribution in [1.29, 1.82) is 0 Å². The summed E-state index contributed by atoms with van der Waals surface area (Å²) in [5, 5.41) is 3.72. The van der Waals surface area contributed by atoms with Gasteiger partial charge in [-0.1, -0.05) is 47.5 Å². The highest BCUT2D eigenvalue weighted by molar-refractivity contribution is 7.92. The van der Waals surface area contributed by atoms with Crippen LogP contribution >= 0.6 is 23.2 Å². The van der Waals surface area contributed by atoms with Crippen LogP contribution in [-0.2, 0) is 26.2 Å². The minimum absolute atomic E-state index is 0.0129. The number of aryl methyl sites for hydroxylation is 2. The van der Waals surface area contributed by atoms with Gasteiger partial charge in [-0.3, -0.25) is 13.9 Å². The zero-order chi connectivity index (χ0) is 29.8.